The first-order chi connectivity index (χ1) is 14.6. The average Bonchev–Trinajstić information content (AvgIpc) is 3.42. The van der Waals surface area contributed by atoms with Gasteiger partial charge in [-0.2, -0.15) is 0 Å². The molecule has 2 fully saturated rings. The first kappa shape index (κ1) is 19.2. The molecule has 3 aliphatic rings. The maximum absolute atomic E-state index is 12.8. The SMILES string of the molecule is CN(C)c1ncc2c(n1)C1(CCCN(c3cncc(C(=O)N4CCCC4)n3)C1)CC2. The molecule has 1 spiro atoms. The van der Waals surface area contributed by atoms with Crippen molar-refractivity contribution in [1.29, 1.82) is 0 Å². The van der Waals surface area contributed by atoms with Crippen LogP contribution in [-0.4, -0.2) is 71.0 Å². The summed E-state index contributed by atoms with van der Waals surface area (Å²) in [6.07, 6.45) is 11.9. The summed E-state index contributed by atoms with van der Waals surface area (Å²) >= 11 is 0. The molecule has 0 radical (unpaired) electrons. The Bertz CT molecular complexity index is 952. The van der Waals surface area contributed by atoms with Crippen molar-refractivity contribution in [1.82, 2.24) is 24.8 Å². The Kier molecular flexibility index (Phi) is 4.79. The zero-order valence-electron chi connectivity index (χ0n) is 17.8. The summed E-state index contributed by atoms with van der Waals surface area (Å²) in [5.74, 6) is 1.57. The zero-order valence-corrected chi connectivity index (χ0v) is 17.8. The number of nitrogens with zero attached hydrogens (tertiary/aromatic N) is 7. The molecule has 5 rings (SSSR count). The summed E-state index contributed by atoms with van der Waals surface area (Å²) in [4.78, 5) is 37.5. The number of aryl methyl sites for hydroxylation is 1. The van der Waals surface area contributed by atoms with Crippen molar-refractivity contribution < 1.29 is 4.79 Å². The number of aromatic nitrogens is 4. The molecule has 1 atom stereocenters. The molecular formula is C22H29N7O. The Balaban J connectivity index is 1.42. The van der Waals surface area contributed by atoms with Gasteiger partial charge in [0, 0.05) is 51.9 Å². The second kappa shape index (κ2) is 7.49. The van der Waals surface area contributed by atoms with Crippen molar-refractivity contribution in [3.8, 4) is 0 Å². The van der Waals surface area contributed by atoms with Crippen molar-refractivity contribution in [2.45, 2.75) is 43.9 Å². The fourth-order valence-corrected chi connectivity index (χ4v) is 5.17. The van der Waals surface area contributed by atoms with Gasteiger partial charge in [0.2, 0.25) is 5.95 Å². The highest BCUT2D eigenvalue weighted by molar-refractivity contribution is 5.92. The minimum absolute atomic E-state index is 0.00292. The molecule has 2 aromatic heterocycles. The van der Waals surface area contributed by atoms with E-state index >= 15 is 0 Å². The van der Waals surface area contributed by atoms with Crippen molar-refractivity contribution >= 4 is 17.7 Å². The molecule has 8 nitrogen and oxygen atoms in total. The van der Waals surface area contributed by atoms with Crippen LogP contribution in [0.2, 0.25) is 0 Å². The van der Waals surface area contributed by atoms with E-state index in [9.17, 15) is 4.79 Å². The van der Waals surface area contributed by atoms with E-state index in [0.29, 0.717) is 5.69 Å². The van der Waals surface area contributed by atoms with Crippen LogP contribution in [0.3, 0.4) is 0 Å². The number of fused-ring (bicyclic) bond motifs is 2. The topological polar surface area (TPSA) is 78.4 Å². The Labute approximate surface area is 177 Å². The largest absolute Gasteiger partial charge is 0.354 e. The summed E-state index contributed by atoms with van der Waals surface area (Å²) in [6.45, 7) is 3.43. The normalized spacial score (nSPS) is 23.1. The van der Waals surface area contributed by atoms with E-state index in [-0.39, 0.29) is 11.3 Å². The quantitative estimate of drug-likeness (QED) is 0.770. The van der Waals surface area contributed by atoms with E-state index in [1.165, 1.54) is 11.3 Å². The lowest BCUT2D eigenvalue weighted by atomic mass is 9.77. The van der Waals surface area contributed by atoms with E-state index in [2.05, 4.69) is 14.9 Å². The standard InChI is InChI=1S/C22H29N7O/c1-27(2)21-24-12-16-6-8-22(19(16)26-21)7-5-11-29(15-22)18-14-23-13-17(25-18)20(30)28-9-3-4-10-28/h12-14H,3-11,15H2,1-2H3. The van der Waals surface area contributed by atoms with Crippen LogP contribution < -0.4 is 9.80 Å². The molecule has 1 aliphatic carbocycles. The number of hydrogen-bond acceptors (Lipinski definition) is 7. The number of rotatable bonds is 3. The van der Waals surface area contributed by atoms with Gasteiger partial charge in [-0.05, 0) is 44.1 Å². The van der Waals surface area contributed by atoms with E-state index < -0.39 is 0 Å². The minimum atomic E-state index is 0.00292. The molecule has 0 N–H and O–H groups in total. The Morgan fingerprint density at radius 2 is 1.87 bits per heavy atom. The van der Waals surface area contributed by atoms with Crippen LogP contribution in [0.5, 0.6) is 0 Å². The number of carbonyl (C=O) groups is 1. The summed E-state index contributed by atoms with van der Waals surface area (Å²) in [6, 6.07) is 0. The third kappa shape index (κ3) is 3.28. The maximum Gasteiger partial charge on any atom is 0.274 e. The van der Waals surface area contributed by atoms with Gasteiger partial charge in [-0.1, -0.05) is 0 Å². The summed E-state index contributed by atoms with van der Waals surface area (Å²) in [7, 11) is 3.96. The third-order valence-corrected chi connectivity index (χ3v) is 6.76. The van der Waals surface area contributed by atoms with Gasteiger partial charge >= 0.3 is 0 Å². The Morgan fingerprint density at radius 3 is 2.67 bits per heavy atom. The van der Waals surface area contributed by atoms with Crippen LogP contribution in [0.1, 0.15) is 53.8 Å². The lowest BCUT2D eigenvalue weighted by Crippen LogP contribution is -2.46. The summed E-state index contributed by atoms with van der Waals surface area (Å²) in [5.41, 5.74) is 2.95. The van der Waals surface area contributed by atoms with Crippen molar-refractivity contribution in [2.24, 2.45) is 0 Å². The zero-order chi connectivity index (χ0) is 20.7. The number of amides is 1. The second-order valence-corrected chi connectivity index (χ2v) is 9.01. The van der Waals surface area contributed by atoms with Gasteiger partial charge in [-0.3, -0.25) is 9.78 Å². The van der Waals surface area contributed by atoms with Gasteiger partial charge in [0.05, 0.1) is 18.1 Å². The van der Waals surface area contributed by atoms with Gasteiger partial charge in [0.15, 0.2) is 0 Å². The monoisotopic (exact) mass is 407 g/mol. The maximum atomic E-state index is 12.8. The highest BCUT2D eigenvalue weighted by atomic mass is 16.2. The molecule has 0 aromatic carbocycles. The summed E-state index contributed by atoms with van der Waals surface area (Å²) in [5, 5.41) is 0. The number of carbonyl (C=O) groups excluding carboxylic acids is 1. The lowest BCUT2D eigenvalue weighted by molar-refractivity contribution is 0.0786. The van der Waals surface area contributed by atoms with Crippen LogP contribution in [-0.2, 0) is 11.8 Å². The van der Waals surface area contributed by atoms with Gasteiger partial charge in [-0.25, -0.2) is 15.0 Å². The van der Waals surface area contributed by atoms with Crippen LogP contribution in [0, 0.1) is 0 Å². The number of anilines is 2. The molecule has 158 valence electrons. The molecular weight excluding hydrogens is 378 g/mol. The first-order valence-corrected chi connectivity index (χ1v) is 11.0. The summed E-state index contributed by atoms with van der Waals surface area (Å²) < 4.78 is 0. The highest BCUT2D eigenvalue weighted by Crippen LogP contribution is 2.44. The minimum Gasteiger partial charge on any atom is -0.354 e. The van der Waals surface area contributed by atoms with E-state index in [4.69, 9.17) is 9.97 Å². The predicted molar refractivity (Wildman–Crippen MR) is 115 cm³/mol. The fraction of sp³-hybridized carbons (Fsp3) is 0.591. The van der Waals surface area contributed by atoms with Gasteiger partial charge in [-0.15, -0.1) is 0 Å². The van der Waals surface area contributed by atoms with Crippen molar-refractivity contribution in [2.75, 3.05) is 50.1 Å². The van der Waals surface area contributed by atoms with Gasteiger partial charge in [0.1, 0.15) is 11.5 Å². The number of piperidine rings is 1. The first-order valence-electron chi connectivity index (χ1n) is 11.0. The Morgan fingerprint density at radius 1 is 1.03 bits per heavy atom. The Hall–Kier alpha value is -2.77. The second-order valence-electron chi connectivity index (χ2n) is 9.01. The molecule has 4 heterocycles. The van der Waals surface area contributed by atoms with E-state index in [1.807, 2.05) is 30.1 Å². The van der Waals surface area contributed by atoms with Crippen molar-refractivity contribution in [3.05, 3.63) is 35.5 Å². The molecule has 2 saturated heterocycles. The van der Waals surface area contributed by atoms with Gasteiger partial charge < -0.3 is 14.7 Å². The molecule has 0 bridgehead atoms. The highest BCUT2D eigenvalue weighted by Gasteiger charge is 2.44. The van der Waals surface area contributed by atoms with Crippen molar-refractivity contribution in [3.63, 3.8) is 0 Å². The van der Waals surface area contributed by atoms with E-state index in [1.54, 1.807) is 12.4 Å². The van der Waals surface area contributed by atoms with Gasteiger partial charge in [0.25, 0.3) is 5.91 Å². The fourth-order valence-electron chi connectivity index (χ4n) is 5.17. The smallest absolute Gasteiger partial charge is 0.274 e. The number of likely N-dealkylation sites (tertiary alicyclic amines) is 1. The molecule has 0 saturated carbocycles. The predicted octanol–water partition coefficient (Wildman–Crippen LogP) is 2.05. The molecule has 1 unspecified atom stereocenters. The molecule has 2 aliphatic heterocycles. The van der Waals surface area contributed by atoms with Crippen LogP contribution >= 0.6 is 0 Å². The van der Waals surface area contributed by atoms with Crippen LogP contribution in [0.15, 0.2) is 18.6 Å². The molecule has 8 heteroatoms. The molecule has 30 heavy (non-hydrogen) atoms. The molecule has 2 aromatic rings. The third-order valence-electron chi connectivity index (χ3n) is 6.76. The van der Waals surface area contributed by atoms with Crippen LogP contribution in [0.4, 0.5) is 11.8 Å². The lowest BCUT2D eigenvalue weighted by Gasteiger charge is -2.41. The van der Waals surface area contributed by atoms with Crippen LogP contribution in [0.25, 0.3) is 0 Å². The number of hydrogen-bond donors (Lipinski definition) is 0. The average molecular weight is 408 g/mol. The van der Waals surface area contributed by atoms with E-state index in [0.717, 1.165) is 76.5 Å². The molecule has 1 amide bonds.